The number of hydrogen-bond donors (Lipinski definition) is 1. The van der Waals surface area contributed by atoms with Crippen LogP contribution in [-0.4, -0.2) is 16.5 Å². The maximum absolute atomic E-state index is 11.5. The maximum Gasteiger partial charge on any atom is 0.345 e. The van der Waals surface area contributed by atoms with Gasteiger partial charge < -0.3 is 5.11 Å². The Bertz CT molecular complexity index is 831. The Kier molecular flexibility index (Phi) is 7.13. The standard InChI is InChI=1S/C21H23Cl3O2S/c1-2-3-18-16(11-19(27-18)21(25)26)20-13(9-15(23)10-17(20)24)6-4-12-5-7-14(22)8-12/h9-12,14H,2-8H2,1H3,(H,25,26). The lowest BCUT2D eigenvalue weighted by Gasteiger charge is -2.15. The van der Waals surface area contributed by atoms with E-state index in [-0.39, 0.29) is 0 Å². The fourth-order valence-corrected chi connectivity index (χ4v) is 6.04. The minimum Gasteiger partial charge on any atom is -0.477 e. The largest absolute Gasteiger partial charge is 0.477 e. The van der Waals surface area contributed by atoms with Crippen LogP contribution in [0.3, 0.4) is 0 Å². The molecular weight excluding hydrogens is 423 g/mol. The topological polar surface area (TPSA) is 37.3 Å². The molecule has 1 aliphatic carbocycles. The van der Waals surface area contributed by atoms with Crippen molar-refractivity contribution >= 4 is 52.1 Å². The van der Waals surface area contributed by atoms with Gasteiger partial charge in [-0.05, 0) is 73.8 Å². The smallest absolute Gasteiger partial charge is 0.345 e. The minimum atomic E-state index is -0.894. The average molecular weight is 446 g/mol. The highest BCUT2D eigenvalue weighted by atomic mass is 35.5. The number of rotatable bonds is 7. The molecule has 0 saturated heterocycles. The minimum absolute atomic E-state index is 0.295. The van der Waals surface area contributed by atoms with Crippen LogP contribution in [0, 0.1) is 5.92 Å². The number of aromatic carboxylic acids is 1. The number of thiophene rings is 1. The van der Waals surface area contributed by atoms with Gasteiger partial charge in [0, 0.05) is 20.8 Å². The van der Waals surface area contributed by atoms with Gasteiger partial charge in [0.05, 0.1) is 5.02 Å². The van der Waals surface area contributed by atoms with Crippen molar-refractivity contribution in [3.8, 4) is 11.1 Å². The quantitative estimate of drug-likeness (QED) is 0.443. The van der Waals surface area contributed by atoms with Gasteiger partial charge in [0.15, 0.2) is 0 Å². The van der Waals surface area contributed by atoms with Gasteiger partial charge >= 0.3 is 5.97 Å². The van der Waals surface area contributed by atoms with Crippen molar-refractivity contribution < 1.29 is 9.90 Å². The number of hydrogen-bond acceptors (Lipinski definition) is 2. The molecule has 1 N–H and O–H groups in total. The van der Waals surface area contributed by atoms with Crippen LogP contribution < -0.4 is 0 Å². The fraction of sp³-hybridized carbons (Fsp3) is 0.476. The zero-order valence-electron chi connectivity index (χ0n) is 15.2. The summed E-state index contributed by atoms with van der Waals surface area (Å²) in [4.78, 5) is 12.9. The first-order valence-corrected chi connectivity index (χ1v) is 11.4. The summed E-state index contributed by atoms with van der Waals surface area (Å²) in [7, 11) is 0. The molecule has 1 fully saturated rings. The van der Waals surface area contributed by atoms with Crippen molar-refractivity contribution in [2.75, 3.05) is 0 Å². The molecule has 2 atom stereocenters. The van der Waals surface area contributed by atoms with E-state index in [0.29, 0.717) is 26.2 Å². The van der Waals surface area contributed by atoms with Gasteiger partial charge in [0.2, 0.25) is 0 Å². The number of benzene rings is 1. The van der Waals surface area contributed by atoms with Crippen molar-refractivity contribution in [1.82, 2.24) is 0 Å². The maximum atomic E-state index is 11.5. The van der Waals surface area contributed by atoms with E-state index in [1.165, 1.54) is 17.8 Å². The third kappa shape index (κ3) is 5.00. The summed E-state index contributed by atoms with van der Waals surface area (Å²) in [6, 6.07) is 5.49. The van der Waals surface area contributed by atoms with Gasteiger partial charge in [0.1, 0.15) is 4.88 Å². The van der Waals surface area contributed by atoms with Crippen molar-refractivity contribution in [1.29, 1.82) is 0 Å². The molecule has 0 bridgehead atoms. The third-order valence-corrected chi connectivity index (χ3v) is 7.30. The molecule has 3 rings (SSSR count). The molecule has 146 valence electrons. The Labute approximate surface area is 179 Å². The first-order valence-electron chi connectivity index (χ1n) is 9.37. The molecule has 2 aromatic rings. The van der Waals surface area contributed by atoms with Crippen LogP contribution >= 0.6 is 46.1 Å². The summed E-state index contributed by atoms with van der Waals surface area (Å²) in [6.45, 7) is 2.09. The Balaban J connectivity index is 1.98. The van der Waals surface area contributed by atoms with E-state index in [2.05, 4.69) is 6.92 Å². The molecule has 0 amide bonds. The predicted molar refractivity (Wildman–Crippen MR) is 116 cm³/mol. The zero-order chi connectivity index (χ0) is 19.6. The number of alkyl halides is 1. The molecule has 1 aromatic heterocycles. The van der Waals surface area contributed by atoms with E-state index in [0.717, 1.165) is 60.1 Å². The molecule has 2 unspecified atom stereocenters. The van der Waals surface area contributed by atoms with Crippen LogP contribution in [0.2, 0.25) is 10.0 Å². The van der Waals surface area contributed by atoms with E-state index < -0.39 is 5.97 Å². The van der Waals surface area contributed by atoms with Crippen LogP contribution in [0.4, 0.5) is 0 Å². The molecule has 1 saturated carbocycles. The number of carboxylic acid groups (broad SMARTS) is 1. The van der Waals surface area contributed by atoms with E-state index in [4.69, 9.17) is 34.8 Å². The van der Waals surface area contributed by atoms with Gasteiger partial charge in [-0.25, -0.2) is 4.79 Å². The van der Waals surface area contributed by atoms with Crippen LogP contribution in [0.25, 0.3) is 11.1 Å². The average Bonchev–Trinajstić information content (AvgIpc) is 3.19. The van der Waals surface area contributed by atoms with Gasteiger partial charge in [-0.3, -0.25) is 0 Å². The molecule has 2 nitrogen and oxygen atoms in total. The highest BCUT2D eigenvalue weighted by Gasteiger charge is 2.24. The van der Waals surface area contributed by atoms with Gasteiger partial charge in [-0.2, -0.15) is 0 Å². The summed E-state index contributed by atoms with van der Waals surface area (Å²) < 4.78 is 0. The molecule has 1 aliphatic rings. The van der Waals surface area contributed by atoms with E-state index in [1.807, 2.05) is 6.07 Å². The summed E-state index contributed by atoms with van der Waals surface area (Å²) in [5.41, 5.74) is 2.98. The number of carboxylic acids is 1. The molecule has 1 aromatic carbocycles. The van der Waals surface area contributed by atoms with E-state index in [1.54, 1.807) is 12.1 Å². The van der Waals surface area contributed by atoms with Crippen LogP contribution in [0.1, 0.15) is 59.1 Å². The van der Waals surface area contributed by atoms with Crippen LogP contribution in [0.5, 0.6) is 0 Å². The summed E-state index contributed by atoms with van der Waals surface area (Å²) in [5.74, 6) is -0.264. The Hall–Kier alpha value is -0.740. The third-order valence-electron chi connectivity index (χ3n) is 5.20. The molecular formula is C21H23Cl3O2S. The van der Waals surface area contributed by atoms with Crippen LogP contribution in [0.15, 0.2) is 18.2 Å². The number of halogens is 3. The Morgan fingerprint density at radius 3 is 2.63 bits per heavy atom. The lowest BCUT2D eigenvalue weighted by molar-refractivity contribution is 0.0702. The van der Waals surface area contributed by atoms with Gasteiger partial charge in [-0.15, -0.1) is 22.9 Å². The van der Waals surface area contributed by atoms with E-state index >= 15 is 0 Å². The lowest BCUT2D eigenvalue weighted by Crippen LogP contribution is -2.00. The SMILES string of the molecule is CCCc1sc(C(=O)O)cc1-c1c(Cl)cc(Cl)cc1CCC1CCC(Cl)C1. The molecule has 1 heterocycles. The summed E-state index contributed by atoms with van der Waals surface area (Å²) in [6.07, 6.45) is 7.02. The van der Waals surface area contributed by atoms with Crippen molar-refractivity contribution in [3.63, 3.8) is 0 Å². The molecule has 0 spiro atoms. The van der Waals surface area contributed by atoms with Crippen LogP contribution in [-0.2, 0) is 12.8 Å². The second-order valence-corrected chi connectivity index (χ2v) is 9.84. The van der Waals surface area contributed by atoms with Gasteiger partial charge in [0.25, 0.3) is 0 Å². The Morgan fingerprint density at radius 2 is 2.00 bits per heavy atom. The first-order chi connectivity index (χ1) is 12.9. The first kappa shape index (κ1) is 21.0. The zero-order valence-corrected chi connectivity index (χ0v) is 18.3. The monoisotopic (exact) mass is 444 g/mol. The number of carbonyl (C=O) groups is 1. The Morgan fingerprint density at radius 1 is 1.22 bits per heavy atom. The van der Waals surface area contributed by atoms with Crippen molar-refractivity contribution in [2.24, 2.45) is 5.92 Å². The summed E-state index contributed by atoms with van der Waals surface area (Å²) in [5, 5.41) is 10.9. The predicted octanol–water partition coefficient (Wildman–Crippen LogP) is 7.71. The second kappa shape index (κ2) is 9.17. The molecule has 6 heteroatoms. The van der Waals surface area contributed by atoms with Crippen molar-refractivity contribution in [2.45, 2.75) is 57.2 Å². The normalized spacial score (nSPS) is 19.6. The van der Waals surface area contributed by atoms with Gasteiger partial charge in [-0.1, -0.05) is 36.5 Å². The van der Waals surface area contributed by atoms with Crippen molar-refractivity contribution in [3.05, 3.63) is 43.6 Å². The lowest BCUT2D eigenvalue weighted by atomic mass is 9.92. The number of aryl methyl sites for hydroxylation is 2. The fourth-order valence-electron chi connectivity index (χ4n) is 3.92. The highest BCUT2D eigenvalue weighted by molar-refractivity contribution is 7.14. The molecule has 0 radical (unpaired) electrons. The molecule has 0 aliphatic heterocycles. The highest BCUT2D eigenvalue weighted by Crippen LogP contribution is 2.42. The van der Waals surface area contributed by atoms with E-state index in [9.17, 15) is 9.90 Å². The molecule has 27 heavy (non-hydrogen) atoms. The summed E-state index contributed by atoms with van der Waals surface area (Å²) >= 11 is 20.5. The second-order valence-electron chi connectivity index (χ2n) is 7.24.